The molecule has 23 heavy (non-hydrogen) atoms. The molecule has 1 aliphatic heterocycles. The first-order chi connectivity index (χ1) is 10.8. The Labute approximate surface area is 137 Å². The highest BCUT2D eigenvalue weighted by molar-refractivity contribution is 7.92. The SMILES string of the molecule is CS(=O)(=O)C1(C(=O)NCC(=O)NC2CCCCC2)CCNCC1. The Hall–Kier alpha value is -1.15. The van der Waals surface area contributed by atoms with Crippen LogP contribution in [0.3, 0.4) is 0 Å². The standard InChI is InChI=1S/C15H27N3O4S/c1-23(21,22)15(7-9-16-10-8-15)14(20)17-11-13(19)18-12-5-3-2-4-6-12/h12,16H,2-11H2,1H3,(H,17,20)(H,18,19). The molecule has 0 aromatic carbocycles. The molecule has 1 heterocycles. The Morgan fingerprint density at radius 3 is 2.30 bits per heavy atom. The lowest BCUT2D eigenvalue weighted by Gasteiger charge is -2.34. The molecular weight excluding hydrogens is 318 g/mol. The molecule has 0 spiro atoms. The lowest BCUT2D eigenvalue weighted by molar-refractivity contribution is -0.128. The average molecular weight is 345 g/mol. The van der Waals surface area contributed by atoms with Gasteiger partial charge >= 0.3 is 0 Å². The van der Waals surface area contributed by atoms with Gasteiger partial charge in [-0.05, 0) is 38.8 Å². The van der Waals surface area contributed by atoms with E-state index in [9.17, 15) is 18.0 Å². The van der Waals surface area contributed by atoms with E-state index in [4.69, 9.17) is 0 Å². The molecule has 0 atom stereocenters. The van der Waals surface area contributed by atoms with E-state index in [2.05, 4.69) is 16.0 Å². The van der Waals surface area contributed by atoms with Gasteiger partial charge in [0.25, 0.3) is 0 Å². The molecule has 132 valence electrons. The predicted octanol–water partition coefficient (Wildman–Crippen LogP) is -0.282. The zero-order valence-corrected chi connectivity index (χ0v) is 14.5. The van der Waals surface area contributed by atoms with Crippen molar-refractivity contribution in [3.05, 3.63) is 0 Å². The van der Waals surface area contributed by atoms with Gasteiger partial charge in [0.2, 0.25) is 11.8 Å². The van der Waals surface area contributed by atoms with Crippen molar-refractivity contribution in [2.45, 2.75) is 55.7 Å². The van der Waals surface area contributed by atoms with E-state index in [1.165, 1.54) is 6.42 Å². The molecule has 0 bridgehead atoms. The second kappa shape index (κ2) is 7.61. The van der Waals surface area contributed by atoms with Gasteiger partial charge in [0.05, 0.1) is 6.54 Å². The average Bonchev–Trinajstić information content (AvgIpc) is 2.53. The van der Waals surface area contributed by atoms with E-state index in [1.54, 1.807) is 0 Å². The van der Waals surface area contributed by atoms with Crippen molar-refractivity contribution in [1.29, 1.82) is 0 Å². The quantitative estimate of drug-likeness (QED) is 0.636. The Kier molecular flexibility index (Phi) is 6.02. The molecule has 7 nitrogen and oxygen atoms in total. The summed E-state index contributed by atoms with van der Waals surface area (Å²) in [5.41, 5.74) is 0. The van der Waals surface area contributed by atoms with Gasteiger partial charge in [0.1, 0.15) is 0 Å². The van der Waals surface area contributed by atoms with Crippen molar-refractivity contribution >= 4 is 21.7 Å². The second-order valence-electron chi connectivity index (χ2n) is 6.60. The molecule has 1 aliphatic carbocycles. The van der Waals surface area contributed by atoms with Crippen molar-refractivity contribution in [3.63, 3.8) is 0 Å². The zero-order valence-electron chi connectivity index (χ0n) is 13.7. The maximum absolute atomic E-state index is 12.5. The number of carbonyl (C=O) groups excluding carboxylic acids is 2. The van der Waals surface area contributed by atoms with Crippen LogP contribution >= 0.6 is 0 Å². The fraction of sp³-hybridized carbons (Fsp3) is 0.867. The molecule has 1 saturated heterocycles. The molecule has 2 amide bonds. The predicted molar refractivity (Wildman–Crippen MR) is 87.7 cm³/mol. The fourth-order valence-corrected chi connectivity index (χ4v) is 4.80. The summed E-state index contributed by atoms with van der Waals surface area (Å²) < 4.78 is 22.8. The van der Waals surface area contributed by atoms with Crippen LogP contribution in [0.2, 0.25) is 0 Å². The highest BCUT2D eigenvalue weighted by Gasteiger charge is 2.48. The van der Waals surface area contributed by atoms with Crippen LogP contribution in [0.1, 0.15) is 44.9 Å². The number of piperidine rings is 1. The molecule has 0 unspecified atom stereocenters. The summed E-state index contributed by atoms with van der Waals surface area (Å²) in [6.07, 6.45) is 6.94. The van der Waals surface area contributed by atoms with Crippen LogP contribution in [0.25, 0.3) is 0 Å². The first-order valence-corrected chi connectivity index (χ1v) is 10.2. The molecule has 2 aliphatic rings. The largest absolute Gasteiger partial charge is 0.352 e. The van der Waals surface area contributed by atoms with E-state index >= 15 is 0 Å². The summed E-state index contributed by atoms with van der Waals surface area (Å²) in [5.74, 6) is -0.803. The summed E-state index contributed by atoms with van der Waals surface area (Å²) in [5, 5.41) is 8.51. The second-order valence-corrected chi connectivity index (χ2v) is 8.93. The number of amides is 2. The molecule has 1 saturated carbocycles. The third kappa shape index (κ3) is 4.44. The van der Waals surface area contributed by atoms with Crippen LogP contribution in [0.5, 0.6) is 0 Å². The normalized spacial score (nSPS) is 22.3. The fourth-order valence-electron chi connectivity index (χ4n) is 3.44. The number of nitrogens with one attached hydrogen (secondary N) is 3. The summed E-state index contributed by atoms with van der Waals surface area (Å²) in [6, 6.07) is 0.177. The Bertz CT molecular complexity index is 535. The number of rotatable bonds is 5. The summed E-state index contributed by atoms with van der Waals surface area (Å²) in [4.78, 5) is 24.4. The lowest BCUT2D eigenvalue weighted by atomic mass is 9.95. The maximum atomic E-state index is 12.5. The van der Waals surface area contributed by atoms with Gasteiger partial charge in [-0.15, -0.1) is 0 Å². The third-order valence-electron chi connectivity index (χ3n) is 4.91. The van der Waals surface area contributed by atoms with Crippen molar-refractivity contribution in [2.24, 2.45) is 0 Å². The molecule has 2 fully saturated rings. The molecule has 8 heteroatoms. The van der Waals surface area contributed by atoms with Crippen LogP contribution in [-0.4, -0.2) is 56.9 Å². The highest BCUT2D eigenvalue weighted by Crippen LogP contribution is 2.27. The van der Waals surface area contributed by atoms with E-state index < -0.39 is 20.5 Å². The maximum Gasteiger partial charge on any atom is 0.241 e. The van der Waals surface area contributed by atoms with E-state index in [0.717, 1.165) is 31.9 Å². The summed E-state index contributed by atoms with van der Waals surface area (Å²) in [6.45, 7) is 0.795. The van der Waals surface area contributed by atoms with E-state index in [0.29, 0.717) is 13.1 Å². The smallest absolute Gasteiger partial charge is 0.241 e. The lowest BCUT2D eigenvalue weighted by Crippen LogP contribution is -2.58. The van der Waals surface area contributed by atoms with Gasteiger partial charge in [-0.2, -0.15) is 0 Å². The topological polar surface area (TPSA) is 104 Å². The highest BCUT2D eigenvalue weighted by atomic mass is 32.2. The van der Waals surface area contributed by atoms with Crippen LogP contribution in [0.15, 0.2) is 0 Å². The first-order valence-electron chi connectivity index (χ1n) is 8.33. The van der Waals surface area contributed by atoms with Crippen LogP contribution < -0.4 is 16.0 Å². The van der Waals surface area contributed by atoms with Crippen LogP contribution in [-0.2, 0) is 19.4 Å². The van der Waals surface area contributed by atoms with Gasteiger partial charge in [0.15, 0.2) is 14.6 Å². The van der Waals surface area contributed by atoms with E-state index in [1.807, 2.05) is 0 Å². The van der Waals surface area contributed by atoms with E-state index in [-0.39, 0.29) is 31.3 Å². The van der Waals surface area contributed by atoms with Crippen molar-refractivity contribution in [3.8, 4) is 0 Å². The van der Waals surface area contributed by atoms with Crippen molar-refractivity contribution in [1.82, 2.24) is 16.0 Å². The van der Waals surface area contributed by atoms with Gasteiger partial charge < -0.3 is 16.0 Å². The van der Waals surface area contributed by atoms with Gasteiger partial charge in [-0.25, -0.2) is 8.42 Å². The minimum absolute atomic E-state index is 0.167. The van der Waals surface area contributed by atoms with Gasteiger partial charge in [-0.1, -0.05) is 19.3 Å². The molecule has 0 aromatic heterocycles. The number of sulfone groups is 1. The minimum atomic E-state index is -3.55. The van der Waals surface area contributed by atoms with Crippen LogP contribution in [0, 0.1) is 0 Å². The minimum Gasteiger partial charge on any atom is -0.352 e. The number of hydrogen-bond acceptors (Lipinski definition) is 5. The molecular formula is C15H27N3O4S. The molecule has 2 rings (SSSR count). The van der Waals surface area contributed by atoms with Crippen molar-refractivity contribution in [2.75, 3.05) is 25.9 Å². The third-order valence-corrected chi connectivity index (χ3v) is 6.93. The van der Waals surface area contributed by atoms with Gasteiger partial charge in [-0.3, -0.25) is 9.59 Å². The molecule has 3 N–H and O–H groups in total. The van der Waals surface area contributed by atoms with Crippen LogP contribution in [0.4, 0.5) is 0 Å². The monoisotopic (exact) mass is 345 g/mol. The number of hydrogen-bond donors (Lipinski definition) is 3. The first kappa shape index (κ1) is 18.2. The molecule has 0 aromatic rings. The summed E-state index contributed by atoms with van der Waals surface area (Å²) >= 11 is 0. The zero-order chi connectivity index (χ0) is 16.9. The van der Waals surface area contributed by atoms with Crippen molar-refractivity contribution < 1.29 is 18.0 Å². The number of carbonyl (C=O) groups is 2. The Morgan fingerprint density at radius 1 is 1.13 bits per heavy atom. The van der Waals surface area contributed by atoms with Gasteiger partial charge in [0, 0.05) is 12.3 Å². The Morgan fingerprint density at radius 2 is 1.74 bits per heavy atom. The summed E-state index contributed by atoms with van der Waals surface area (Å²) in [7, 11) is -3.55. The Balaban J connectivity index is 1.90. The molecule has 0 radical (unpaired) electrons.